The summed E-state index contributed by atoms with van der Waals surface area (Å²) in [7, 11) is -3.81. The molecule has 1 aromatic heterocycles. The quantitative estimate of drug-likeness (QED) is 0.322. The Morgan fingerprint density at radius 3 is 2.63 bits per heavy atom. The van der Waals surface area contributed by atoms with E-state index in [2.05, 4.69) is 10.0 Å². The summed E-state index contributed by atoms with van der Waals surface area (Å²) in [6.07, 6.45) is 4.07. The molecule has 0 unspecified atom stereocenters. The highest BCUT2D eigenvalue weighted by Crippen LogP contribution is 2.17. The van der Waals surface area contributed by atoms with Crippen LogP contribution < -0.4 is 10.0 Å². The number of hydrogen-bond acceptors (Lipinski definition) is 6. The van der Waals surface area contributed by atoms with Crippen molar-refractivity contribution in [3.05, 3.63) is 94.4 Å². The lowest BCUT2D eigenvalue weighted by atomic mass is 10.2. The molecule has 10 heteroatoms. The Morgan fingerprint density at radius 2 is 1.90 bits per heavy atom. The summed E-state index contributed by atoms with van der Waals surface area (Å²) < 4.78 is 32.4. The molecule has 9 nitrogen and oxygen atoms in total. The number of sulfonamides is 1. The molecule has 2 N–H and O–H groups in total. The Kier molecular flexibility index (Phi) is 6.40. The largest absolute Gasteiger partial charge is 0.468 e. The monoisotopic (exact) mass is 427 g/mol. The van der Waals surface area contributed by atoms with E-state index in [4.69, 9.17) is 4.42 Å². The van der Waals surface area contributed by atoms with Crippen molar-refractivity contribution in [1.82, 2.24) is 4.72 Å². The van der Waals surface area contributed by atoms with Gasteiger partial charge in [0.05, 0.1) is 22.6 Å². The van der Waals surface area contributed by atoms with E-state index in [0.717, 1.165) is 0 Å². The van der Waals surface area contributed by atoms with Crippen molar-refractivity contribution < 1.29 is 22.6 Å². The van der Waals surface area contributed by atoms with Gasteiger partial charge in [0.1, 0.15) is 5.76 Å². The minimum absolute atomic E-state index is 0.00211. The molecule has 3 rings (SSSR count). The number of carbonyl (C=O) groups excluding carboxylic acids is 1. The van der Waals surface area contributed by atoms with Crippen LogP contribution in [0.5, 0.6) is 0 Å². The van der Waals surface area contributed by atoms with Crippen LogP contribution in [0.1, 0.15) is 11.3 Å². The summed E-state index contributed by atoms with van der Waals surface area (Å²) in [5.41, 5.74) is 0.680. The van der Waals surface area contributed by atoms with Crippen LogP contribution in [0, 0.1) is 10.1 Å². The van der Waals surface area contributed by atoms with Crippen LogP contribution in [0.2, 0.25) is 0 Å². The summed E-state index contributed by atoms with van der Waals surface area (Å²) in [6, 6.07) is 14.9. The summed E-state index contributed by atoms with van der Waals surface area (Å²) in [5.74, 6) is -0.0473. The van der Waals surface area contributed by atoms with Gasteiger partial charge in [-0.15, -0.1) is 0 Å². The van der Waals surface area contributed by atoms with Gasteiger partial charge in [0.15, 0.2) is 0 Å². The number of furan rings is 1. The van der Waals surface area contributed by atoms with Crippen LogP contribution in [-0.2, 0) is 21.4 Å². The molecule has 1 amide bonds. The Morgan fingerprint density at radius 1 is 1.10 bits per heavy atom. The van der Waals surface area contributed by atoms with E-state index < -0.39 is 20.9 Å². The molecule has 0 aliphatic heterocycles. The fraction of sp³-hybridized carbons (Fsp3) is 0.0500. The highest BCUT2D eigenvalue weighted by atomic mass is 32.2. The molecule has 0 fully saturated rings. The van der Waals surface area contributed by atoms with Crippen LogP contribution >= 0.6 is 0 Å². The van der Waals surface area contributed by atoms with Gasteiger partial charge in [-0.25, -0.2) is 13.1 Å². The first-order valence-electron chi connectivity index (χ1n) is 8.69. The Labute approximate surface area is 172 Å². The van der Waals surface area contributed by atoms with Crippen LogP contribution in [-0.4, -0.2) is 19.2 Å². The van der Waals surface area contributed by atoms with Crippen LogP contribution in [0.4, 0.5) is 11.4 Å². The molecule has 0 spiro atoms. The minimum atomic E-state index is -3.81. The van der Waals surface area contributed by atoms with E-state index in [1.165, 1.54) is 54.8 Å². The number of nitrogens with zero attached hydrogens (tertiary/aromatic N) is 1. The predicted octanol–water partition coefficient (Wildman–Crippen LogP) is 3.32. The molecule has 0 saturated carbocycles. The molecular formula is C20H17N3O6S. The second-order valence-corrected chi connectivity index (χ2v) is 7.87. The molecule has 0 saturated heterocycles. The van der Waals surface area contributed by atoms with Crippen molar-refractivity contribution in [1.29, 1.82) is 0 Å². The number of benzene rings is 2. The van der Waals surface area contributed by atoms with Crippen molar-refractivity contribution in [3.63, 3.8) is 0 Å². The molecule has 0 radical (unpaired) electrons. The normalized spacial score (nSPS) is 11.5. The standard InChI is InChI=1S/C20H17N3O6S/c24-20(10-9-15-4-1-6-17(12-15)23(25)26)22-16-5-2-8-19(13-16)30(27,28)21-14-18-7-3-11-29-18/h1-13,21H,14H2,(H,22,24)/b10-9+. The molecular weight excluding hydrogens is 410 g/mol. The molecule has 0 bridgehead atoms. The van der Waals surface area contributed by atoms with Gasteiger partial charge >= 0.3 is 0 Å². The van der Waals surface area contributed by atoms with Gasteiger partial charge in [-0.3, -0.25) is 14.9 Å². The fourth-order valence-corrected chi connectivity index (χ4v) is 3.54. The second-order valence-electron chi connectivity index (χ2n) is 6.11. The van der Waals surface area contributed by atoms with Crippen LogP contribution in [0.3, 0.4) is 0 Å². The third kappa shape index (κ3) is 5.63. The first kappa shape index (κ1) is 21.0. The number of amides is 1. The maximum absolute atomic E-state index is 12.4. The summed E-state index contributed by atoms with van der Waals surface area (Å²) in [6.45, 7) is -0.00211. The van der Waals surface area contributed by atoms with Crippen molar-refractivity contribution in [3.8, 4) is 0 Å². The Balaban J connectivity index is 1.66. The molecule has 154 valence electrons. The van der Waals surface area contributed by atoms with Gasteiger partial charge in [-0.05, 0) is 42.0 Å². The van der Waals surface area contributed by atoms with Crippen LogP contribution in [0.15, 0.2) is 82.3 Å². The number of nitro groups is 1. The lowest BCUT2D eigenvalue weighted by molar-refractivity contribution is -0.384. The van der Waals surface area contributed by atoms with E-state index in [-0.39, 0.29) is 22.8 Å². The van der Waals surface area contributed by atoms with Gasteiger partial charge in [-0.1, -0.05) is 18.2 Å². The van der Waals surface area contributed by atoms with E-state index in [9.17, 15) is 23.3 Å². The lowest BCUT2D eigenvalue weighted by Gasteiger charge is -2.08. The highest BCUT2D eigenvalue weighted by molar-refractivity contribution is 7.89. The van der Waals surface area contributed by atoms with E-state index in [1.807, 2.05) is 0 Å². The van der Waals surface area contributed by atoms with Crippen molar-refractivity contribution >= 4 is 33.4 Å². The van der Waals surface area contributed by atoms with Gasteiger partial charge in [-0.2, -0.15) is 0 Å². The molecule has 0 aliphatic carbocycles. The fourth-order valence-electron chi connectivity index (χ4n) is 2.50. The molecule has 3 aromatic rings. The number of anilines is 1. The average molecular weight is 427 g/mol. The van der Waals surface area contributed by atoms with Gasteiger partial charge in [0.25, 0.3) is 5.69 Å². The first-order chi connectivity index (χ1) is 14.3. The number of rotatable bonds is 8. The number of hydrogen-bond donors (Lipinski definition) is 2. The highest BCUT2D eigenvalue weighted by Gasteiger charge is 2.15. The SMILES string of the molecule is O=C(/C=C/c1cccc([N+](=O)[O-])c1)Nc1cccc(S(=O)(=O)NCc2ccco2)c1. The summed E-state index contributed by atoms with van der Waals surface area (Å²) in [4.78, 5) is 22.4. The first-order valence-corrected chi connectivity index (χ1v) is 10.2. The number of nitrogens with one attached hydrogen (secondary N) is 2. The Bertz CT molecular complexity index is 1190. The third-order valence-electron chi connectivity index (χ3n) is 3.94. The van der Waals surface area contributed by atoms with E-state index >= 15 is 0 Å². The second kappa shape index (κ2) is 9.16. The molecule has 0 atom stereocenters. The number of nitro benzene ring substituents is 1. The zero-order chi connectivity index (χ0) is 21.6. The summed E-state index contributed by atoms with van der Waals surface area (Å²) >= 11 is 0. The van der Waals surface area contributed by atoms with Gasteiger partial charge in [0, 0.05) is 23.9 Å². The molecule has 2 aromatic carbocycles. The van der Waals surface area contributed by atoms with Crippen LogP contribution in [0.25, 0.3) is 6.08 Å². The number of non-ortho nitro benzene ring substituents is 1. The van der Waals surface area contributed by atoms with E-state index in [0.29, 0.717) is 11.3 Å². The third-order valence-corrected chi connectivity index (χ3v) is 5.34. The maximum Gasteiger partial charge on any atom is 0.270 e. The minimum Gasteiger partial charge on any atom is -0.468 e. The molecule has 30 heavy (non-hydrogen) atoms. The lowest BCUT2D eigenvalue weighted by Crippen LogP contribution is -2.23. The number of carbonyl (C=O) groups is 1. The van der Waals surface area contributed by atoms with E-state index in [1.54, 1.807) is 24.3 Å². The van der Waals surface area contributed by atoms with Crippen molar-refractivity contribution in [2.45, 2.75) is 11.4 Å². The Hall–Kier alpha value is -3.76. The van der Waals surface area contributed by atoms with Gasteiger partial charge < -0.3 is 9.73 Å². The molecule has 1 heterocycles. The molecule has 0 aliphatic rings. The maximum atomic E-state index is 12.4. The smallest absolute Gasteiger partial charge is 0.270 e. The zero-order valence-electron chi connectivity index (χ0n) is 15.5. The summed E-state index contributed by atoms with van der Waals surface area (Å²) in [5, 5.41) is 13.4. The predicted molar refractivity (Wildman–Crippen MR) is 110 cm³/mol. The van der Waals surface area contributed by atoms with Gasteiger partial charge in [0.2, 0.25) is 15.9 Å². The topological polar surface area (TPSA) is 132 Å². The average Bonchev–Trinajstić information content (AvgIpc) is 3.25. The van der Waals surface area contributed by atoms with Crippen molar-refractivity contribution in [2.75, 3.05) is 5.32 Å². The zero-order valence-corrected chi connectivity index (χ0v) is 16.3. The van der Waals surface area contributed by atoms with Crippen molar-refractivity contribution in [2.24, 2.45) is 0 Å².